The van der Waals surface area contributed by atoms with E-state index in [1.807, 2.05) is 17.9 Å². The molecule has 0 spiro atoms. The molecule has 1 aromatic rings. The number of carbonyl (C=O) groups is 3. The van der Waals surface area contributed by atoms with Crippen LogP contribution >= 0.6 is 11.3 Å². The first-order valence-corrected chi connectivity index (χ1v) is 15.4. The number of carbonyl (C=O) groups excluding carboxylic acids is 3. The van der Waals surface area contributed by atoms with E-state index >= 15 is 0 Å². The monoisotopic (exact) mass is 560 g/mol. The zero-order chi connectivity index (χ0) is 27.8. The molecule has 1 atom stereocenters. The van der Waals surface area contributed by atoms with Gasteiger partial charge < -0.3 is 24.0 Å². The van der Waals surface area contributed by atoms with Crippen molar-refractivity contribution in [3.05, 3.63) is 21.9 Å². The highest BCUT2D eigenvalue weighted by atomic mass is 32.1. The molecule has 39 heavy (non-hydrogen) atoms. The summed E-state index contributed by atoms with van der Waals surface area (Å²) in [5.41, 5.74) is 1.92. The van der Waals surface area contributed by atoms with Crippen LogP contribution in [0, 0.1) is 11.8 Å². The van der Waals surface area contributed by atoms with Gasteiger partial charge in [0.25, 0.3) is 0 Å². The fourth-order valence-electron chi connectivity index (χ4n) is 5.71. The van der Waals surface area contributed by atoms with E-state index in [0.29, 0.717) is 62.2 Å². The molecule has 0 aromatic carbocycles. The first-order chi connectivity index (χ1) is 18.9. The summed E-state index contributed by atoms with van der Waals surface area (Å²) >= 11 is 1.43. The van der Waals surface area contributed by atoms with Crippen molar-refractivity contribution in [3.8, 4) is 0 Å². The molecule has 9 heteroatoms. The summed E-state index contributed by atoms with van der Waals surface area (Å²) in [5.74, 6) is 0.286. The molecule has 0 radical (unpaired) electrons. The number of thiophene rings is 1. The molecule has 8 nitrogen and oxygen atoms in total. The van der Waals surface area contributed by atoms with Crippen LogP contribution in [0.25, 0.3) is 5.57 Å². The molecule has 0 bridgehead atoms. The number of morpholine rings is 1. The maximum Gasteiger partial charge on any atom is 0.410 e. The minimum absolute atomic E-state index is 0.0412. The average molecular weight is 561 g/mol. The molecule has 216 valence electrons. The van der Waals surface area contributed by atoms with Gasteiger partial charge in [0.05, 0.1) is 26.0 Å². The number of allylic oxidation sites excluding steroid dienone is 2. The smallest absolute Gasteiger partial charge is 0.410 e. The van der Waals surface area contributed by atoms with Crippen molar-refractivity contribution in [1.82, 2.24) is 4.90 Å². The van der Waals surface area contributed by atoms with E-state index in [-0.39, 0.29) is 24.0 Å². The van der Waals surface area contributed by atoms with Crippen LogP contribution in [-0.2, 0) is 19.0 Å². The lowest BCUT2D eigenvalue weighted by Gasteiger charge is -2.31. The summed E-state index contributed by atoms with van der Waals surface area (Å²) in [6, 6.07) is 2.03. The molecule has 1 aliphatic heterocycles. The van der Waals surface area contributed by atoms with Crippen LogP contribution in [0.2, 0.25) is 0 Å². The van der Waals surface area contributed by atoms with E-state index in [9.17, 15) is 14.4 Å². The zero-order valence-corrected chi connectivity index (χ0v) is 24.6. The number of methoxy groups -OCH3 is 1. The van der Waals surface area contributed by atoms with Gasteiger partial charge in [-0.05, 0) is 88.7 Å². The fraction of sp³-hybridized carbons (Fsp3) is 0.700. The lowest BCUT2D eigenvalue weighted by molar-refractivity contribution is -0.123. The van der Waals surface area contributed by atoms with Gasteiger partial charge in [0, 0.05) is 30.4 Å². The quantitative estimate of drug-likeness (QED) is 0.330. The normalized spacial score (nSPS) is 22.5. The van der Waals surface area contributed by atoms with E-state index in [4.69, 9.17) is 14.2 Å². The second-order valence-corrected chi connectivity index (χ2v) is 12.2. The van der Waals surface area contributed by atoms with Gasteiger partial charge in [-0.2, -0.15) is 0 Å². The van der Waals surface area contributed by atoms with Crippen LogP contribution in [0.15, 0.2) is 12.1 Å². The summed E-state index contributed by atoms with van der Waals surface area (Å²) in [5, 5.41) is 0. The third-order valence-corrected chi connectivity index (χ3v) is 9.36. The minimum atomic E-state index is -0.402. The maximum atomic E-state index is 14.0. The number of hydrogen-bond donors (Lipinski definition) is 0. The Hall–Kier alpha value is -2.39. The number of esters is 1. The SMILES string of the molecule is COC(=O)c1sc(C2=CCCCC2)cc1N(CCCC(C)OC(=O)N1CCOCC1)C(=O)C1CCC(C)CC1. The molecule has 2 aliphatic carbocycles. The number of anilines is 1. The third-order valence-electron chi connectivity index (χ3n) is 8.18. The van der Waals surface area contributed by atoms with Crippen molar-refractivity contribution in [3.63, 3.8) is 0 Å². The zero-order valence-electron chi connectivity index (χ0n) is 23.7. The molecule has 2 fully saturated rings. The number of rotatable bonds is 9. The van der Waals surface area contributed by atoms with Crippen molar-refractivity contribution >= 4 is 40.6 Å². The molecule has 1 saturated carbocycles. The Balaban J connectivity index is 1.50. The van der Waals surface area contributed by atoms with Crippen molar-refractivity contribution < 1.29 is 28.6 Å². The summed E-state index contributed by atoms with van der Waals surface area (Å²) in [4.78, 5) is 44.4. The third kappa shape index (κ3) is 7.84. The Morgan fingerprint density at radius 1 is 1.15 bits per heavy atom. The molecule has 2 heterocycles. The summed E-state index contributed by atoms with van der Waals surface area (Å²) in [6.07, 6.45) is 11.1. The summed E-state index contributed by atoms with van der Waals surface area (Å²) < 4.78 is 16.2. The Morgan fingerprint density at radius 3 is 2.56 bits per heavy atom. The molecule has 1 aromatic heterocycles. The van der Waals surface area contributed by atoms with Crippen LogP contribution < -0.4 is 4.90 Å². The molecule has 0 N–H and O–H groups in total. The molecular formula is C30H44N2O6S. The van der Waals surface area contributed by atoms with Crippen LogP contribution in [0.5, 0.6) is 0 Å². The maximum absolute atomic E-state index is 14.0. The molecule has 2 amide bonds. The first-order valence-electron chi connectivity index (χ1n) is 14.6. The number of nitrogens with zero attached hydrogens (tertiary/aromatic N) is 2. The highest BCUT2D eigenvalue weighted by Gasteiger charge is 2.33. The van der Waals surface area contributed by atoms with E-state index < -0.39 is 5.97 Å². The van der Waals surface area contributed by atoms with Gasteiger partial charge in [0.2, 0.25) is 5.91 Å². The minimum Gasteiger partial charge on any atom is -0.465 e. The van der Waals surface area contributed by atoms with Gasteiger partial charge in [-0.25, -0.2) is 9.59 Å². The van der Waals surface area contributed by atoms with E-state index in [1.54, 1.807) is 4.90 Å². The van der Waals surface area contributed by atoms with Gasteiger partial charge >= 0.3 is 12.1 Å². The van der Waals surface area contributed by atoms with Gasteiger partial charge in [-0.15, -0.1) is 11.3 Å². The van der Waals surface area contributed by atoms with E-state index in [0.717, 1.165) is 49.8 Å². The van der Waals surface area contributed by atoms with Gasteiger partial charge in [-0.1, -0.05) is 13.0 Å². The van der Waals surface area contributed by atoms with E-state index in [1.165, 1.54) is 30.4 Å². The number of amides is 2. The van der Waals surface area contributed by atoms with Crippen LogP contribution in [0.4, 0.5) is 10.5 Å². The molecule has 3 aliphatic rings. The second-order valence-electron chi connectivity index (χ2n) is 11.2. The topological polar surface area (TPSA) is 85.4 Å². The van der Waals surface area contributed by atoms with E-state index in [2.05, 4.69) is 13.0 Å². The van der Waals surface area contributed by atoms with Gasteiger partial charge in [-0.3, -0.25) is 4.79 Å². The lowest BCUT2D eigenvalue weighted by atomic mass is 9.82. The average Bonchev–Trinajstić information content (AvgIpc) is 3.41. The highest BCUT2D eigenvalue weighted by molar-refractivity contribution is 7.15. The largest absolute Gasteiger partial charge is 0.465 e. The van der Waals surface area contributed by atoms with Gasteiger partial charge in [0.1, 0.15) is 11.0 Å². The summed E-state index contributed by atoms with van der Waals surface area (Å²) in [7, 11) is 1.39. The van der Waals surface area contributed by atoms with Crippen molar-refractivity contribution in [2.24, 2.45) is 11.8 Å². The molecule has 4 rings (SSSR count). The van der Waals surface area contributed by atoms with Crippen LogP contribution in [0.3, 0.4) is 0 Å². The number of ether oxygens (including phenoxy) is 3. The fourth-order valence-corrected chi connectivity index (χ4v) is 6.85. The summed E-state index contributed by atoms with van der Waals surface area (Å²) in [6.45, 7) is 6.75. The predicted octanol–water partition coefficient (Wildman–Crippen LogP) is 6.29. The first kappa shape index (κ1) is 29.6. The standard InChI is InChI=1S/C30H44N2O6S/c1-21-11-13-24(14-12-21)28(33)32(15-7-8-22(2)38-30(35)31-16-18-37-19-17-31)25-20-26(23-9-5-4-6-10-23)39-27(25)29(34)36-3/h9,20-22,24H,4-8,10-19H2,1-3H3. The highest BCUT2D eigenvalue weighted by Crippen LogP contribution is 2.40. The Morgan fingerprint density at radius 2 is 1.90 bits per heavy atom. The van der Waals surface area contributed by atoms with Crippen LogP contribution in [-0.4, -0.2) is 68.9 Å². The Kier molecular flexibility index (Phi) is 10.9. The lowest BCUT2D eigenvalue weighted by Crippen LogP contribution is -2.42. The van der Waals surface area contributed by atoms with Crippen molar-refractivity contribution in [2.75, 3.05) is 44.9 Å². The molecule has 1 saturated heterocycles. The number of hydrogen-bond acceptors (Lipinski definition) is 7. The predicted molar refractivity (Wildman–Crippen MR) is 153 cm³/mol. The Labute approximate surface area is 236 Å². The van der Waals surface area contributed by atoms with Crippen LogP contribution in [0.1, 0.15) is 92.6 Å². The molecule has 1 unspecified atom stereocenters. The van der Waals surface area contributed by atoms with Gasteiger partial charge in [0.15, 0.2) is 0 Å². The Bertz CT molecular complexity index is 1020. The van der Waals surface area contributed by atoms with Crippen molar-refractivity contribution in [1.29, 1.82) is 0 Å². The second kappa shape index (κ2) is 14.3. The molecular weight excluding hydrogens is 516 g/mol. The van der Waals surface area contributed by atoms with Crippen molar-refractivity contribution in [2.45, 2.75) is 84.2 Å².